The second kappa shape index (κ2) is 6.73. The molecule has 0 heterocycles. The first-order valence-corrected chi connectivity index (χ1v) is 9.26. The third-order valence-corrected chi connectivity index (χ3v) is 5.97. The van der Waals surface area contributed by atoms with Crippen molar-refractivity contribution >= 4 is 26.0 Å². The van der Waals surface area contributed by atoms with Crippen LogP contribution in [0.1, 0.15) is 25.3 Å². The van der Waals surface area contributed by atoms with Crippen LogP contribution >= 0.6 is 15.9 Å². The van der Waals surface area contributed by atoms with Gasteiger partial charge in [-0.05, 0) is 37.9 Å². The van der Waals surface area contributed by atoms with Gasteiger partial charge in [-0.3, -0.25) is 0 Å². The van der Waals surface area contributed by atoms with E-state index >= 15 is 0 Å². The van der Waals surface area contributed by atoms with Crippen molar-refractivity contribution < 1.29 is 12.8 Å². The maximum absolute atomic E-state index is 14.5. The number of sulfonamides is 1. The van der Waals surface area contributed by atoms with Gasteiger partial charge in [-0.1, -0.05) is 22.9 Å². The van der Waals surface area contributed by atoms with E-state index in [2.05, 4.69) is 21.2 Å². The van der Waals surface area contributed by atoms with Gasteiger partial charge in [0.25, 0.3) is 0 Å². The van der Waals surface area contributed by atoms with Crippen molar-refractivity contribution in [3.63, 3.8) is 0 Å². The minimum atomic E-state index is -3.80. The Morgan fingerprint density at radius 1 is 1.43 bits per heavy atom. The first kappa shape index (κ1) is 16.9. The van der Waals surface area contributed by atoms with Gasteiger partial charge in [0.1, 0.15) is 10.7 Å². The van der Waals surface area contributed by atoms with Crippen LogP contribution in [0.5, 0.6) is 0 Å². The molecule has 1 saturated carbocycles. The van der Waals surface area contributed by atoms with Crippen molar-refractivity contribution in [2.45, 2.75) is 31.2 Å². The molecule has 21 heavy (non-hydrogen) atoms. The smallest absolute Gasteiger partial charge is 0.246 e. The SMILES string of the molecule is CCN(CC1CC1)S(=O)(=O)c1cc(Br)cc(CNC)c1F. The standard InChI is InChI=1S/C14H20BrFN2O2S/c1-3-18(9-10-4-5-10)21(19,20)13-7-12(15)6-11(8-17-2)14(13)16/h6-7,10,17H,3-5,8-9H2,1-2H3. The number of nitrogens with zero attached hydrogens (tertiary/aromatic N) is 1. The minimum Gasteiger partial charge on any atom is -0.316 e. The van der Waals surface area contributed by atoms with Gasteiger partial charge >= 0.3 is 0 Å². The lowest BCUT2D eigenvalue weighted by molar-refractivity contribution is 0.408. The van der Waals surface area contributed by atoms with E-state index in [4.69, 9.17) is 0 Å². The van der Waals surface area contributed by atoms with E-state index in [-0.39, 0.29) is 11.4 Å². The largest absolute Gasteiger partial charge is 0.316 e. The van der Waals surface area contributed by atoms with Gasteiger partial charge in [0.05, 0.1) is 0 Å². The maximum Gasteiger partial charge on any atom is 0.246 e. The molecular formula is C14H20BrFN2O2S. The predicted molar refractivity (Wildman–Crippen MR) is 84.0 cm³/mol. The zero-order valence-corrected chi connectivity index (χ0v) is 14.6. The molecule has 0 radical (unpaired) electrons. The van der Waals surface area contributed by atoms with Crippen molar-refractivity contribution in [1.29, 1.82) is 0 Å². The van der Waals surface area contributed by atoms with Crippen LogP contribution in [0.4, 0.5) is 4.39 Å². The number of benzene rings is 1. The van der Waals surface area contributed by atoms with Gasteiger partial charge in [0, 0.05) is 29.7 Å². The van der Waals surface area contributed by atoms with Gasteiger partial charge < -0.3 is 5.32 Å². The third-order valence-electron chi connectivity index (χ3n) is 3.58. The summed E-state index contributed by atoms with van der Waals surface area (Å²) in [6, 6.07) is 2.95. The molecular weight excluding hydrogens is 359 g/mol. The molecule has 1 aromatic carbocycles. The molecule has 0 spiro atoms. The number of rotatable bonds is 7. The van der Waals surface area contributed by atoms with Crippen molar-refractivity contribution in [2.75, 3.05) is 20.1 Å². The van der Waals surface area contributed by atoms with Gasteiger partial charge in [0.2, 0.25) is 10.0 Å². The van der Waals surface area contributed by atoms with E-state index in [1.54, 1.807) is 20.0 Å². The first-order valence-electron chi connectivity index (χ1n) is 7.02. The van der Waals surface area contributed by atoms with E-state index in [1.165, 1.54) is 10.4 Å². The lowest BCUT2D eigenvalue weighted by Crippen LogP contribution is -2.33. The maximum atomic E-state index is 14.5. The van der Waals surface area contributed by atoms with Crippen LogP contribution in [-0.2, 0) is 16.6 Å². The Labute approximate surface area is 133 Å². The highest BCUT2D eigenvalue weighted by atomic mass is 79.9. The molecule has 4 nitrogen and oxygen atoms in total. The minimum absolute atomic E-state index is 0.246. The molecule has 0 amide bonds. The summed E-state index contributed by atoms with van der Waals surface area (Å²) in [6.07, 6.45) is 2.11. The topological polar surface area (TPSA) is 49.4 Å². The fourth-order valence-electron chi connectivity index (χ4n) is 2.25. The quantitative estimate of drug-likeness (QED) is 0.793. The normalized spacial score (nSPS) is 15.7. The van der Waals surface area contributed by atoms with Crippen LogP contribution in [0, 0.1) is 11.7 Å². The van der Waals surface area contributed by atoms with Crippen molar-refractivity contribution in [3.8, 4) is 0 Å². The first-order chi connectivity index (χ1) is 9.90. The molecule has 1 aliphatic carbocycles. The van der Waals surface area contributed by atoms with Crippen molar-refractivity contribution in [1.82, 2.24) is 9.62 Å². The Morgan fingerprint density at radius 3 is 2.62 bits per heavy atom. The summed E-state index contributed by atoms with van der Waals surface area (Å²) >= 11 is 3.27. The molecule has 0 saturated heterocycles. The average molecular weight is 379 g/mol. The van der Waals surface area contributed by atoms with Crippen molar-refractivity contribution in [3.05, 3.63) is 28.0 Å². The molecule has 1 fully saturated rings. The Kier molecular flexibility index (Phi) is 5.40. The zero-order chi connectivity index (χ0) is 15.6. The monoisotopic (exact) mass is 378 g/mol. The van der Waals surface area contributed by atoms with Gasteiger partial charge in [-0.25, -0.2) is 12.8 Å². The number of nitrogens with one attached hydrogen (secondary N) is 1. The summed E-state index contributed by atoms with van der Waals surface area (Å²) in [4.78, 5) is -0.246. The number of hydrogen-bond donors (Lipinski definition) is 1. The van der Waals surface area contributed by atoms with E-state index < -0.39 is 15.8 Å². The summed E-state index contributed by atoms with van der Waals surface area (Å²) in [5.74, 6) is -0.242. The molecule has 7 heteroatoms. The highest BCUT2D eigenvalue weighted by Gasteiger charge is 2.33. The third kappa shape index (κ3) is 3.83. The van der Waals surface area contributed by atoms with E-state index in [0.29, 0.717) is 29.0 Å². The molecule has 1 N–H and O–H groups in total. The number of halogens is 2. The second-order valence-corrected chi connectivity index (χ2v) is 8.13. The van der Waals surface area contributed by atoms with Crippen LogP contribution < -0.4 is 5.32 Å². The summed E-state index contributed by atoms with van der Waals surface area (Å²) in [5, 5.41) is 2.85. The van der Waals surface area contributed by atoms with Crippen molar-refractivity contribution in [2.24, 2.45) is 5.92 Å². The summed E-state index contributed by atoms with van der Waals surface area (Å²) in [5.41, 5.74) is 0.341. The fraction of sp³-hybridized carbons (Fsp3) is 0.571. The molecule has 1 aliphatic rings. The molecule has 1 aromatic rings. The van der Waals surface area contributed by atoms with Crippen LogP contribution in [0.25, 0.3) is 0 Å². The molecule has 0 unspecified atom stereocenters. The Balaban J connectivity index is 2.42. The van der Waals surface area contributed by atoms with Gasteiger partial charge in [0.15, 0.2) is 0 Å². The fourth-order valence-corrected chi connectivity index (χ4v) is 4.57. The Bertz CT molecular complexity index is 618. The molecule has 2 rings (SSSR count). The lowest BCUT2D eigenvalue weighted by atomic mass is 10.2. The van der Waals surface area contributed by atoms with E-state index in [0.717, 1.165) is 12.8 Å². The van der Waals surface area contributed by atoms with Crippen LogP contribution in [0.15, 0.2) is 21.5 Å². The average Bonchev–Trinajstić information content (AvgIpc) is 3.23. The lowest BCUT2D eigenvalue weighted by Gasteiger charge is -2.21. The molecule has 118 valence electrons. The molecule has 0 atom stereocenters. The van der Waals surface area contributed by atoms with Crippen LogP contribution in [0.3, 0.4) is 0 Å². The van der Waals surface area contributed by atoms with E-state index in [1.807, 2.05) is 0 Å². The molecule has 0 aliphatic heterocycles. The highest BCUT2D eigenvalue weighted by molar-refractivity contribution is 9.10. The zero-order valence-electron chi connectivity index (χ0n) is 12.2. The highest BCUT2D eigenvalue weighted by Crippen LogP contribution is 2.33. The summed E-state index contributed by atoms with van der Waals surface area (Å²) < 4.78 is 41.9. The van der Waals surface area contributed by atoms with Gasteiger partial charge in [-0.2, -0.15) is 4.31 Å². The second-order valence-electron chi connectivity index (χ2n) is 5.31. The number of hydrogen-bond acceptors (Lipinski definition) is 3. The summed E-state index contributed by atoms with van der Waals surface area (Å²) in [6.45, 7) is 2.89. The summed E-state index contributed by atoms with van der Waals surface area (Å²) in [7, 11) is -2.11. The van der Waals surface area contributed by atoms with E-state index in [9.17, 15) is 12.8 Å². The molecule has 0 aromatic heterocycles. The molecule has 0 bridgehead atoms. The Morgan fingerprint density at radius 2 is 2.10 bits per heavy atom. The van der Waals surface area contributed by atoms with Crippen LogP contribution in [-0.4, -0.2) is 32.9 Å². The van der Waals surface area contributed by atoms with Crippen LogP contribution in [0.2, 0.25) is 0 Å². The van der Waals surface area contributed by atoms with Gasteiger partial charge in [-0.15, -0.1) is 0 Å². The predicted octanol–water partition coefficient (Wildman–Crippen LogP) is 2.73. The Hall–Kier alpha value is -0.500.